The molecule has 1 atom stereocenters. The van der Waals surface area contributed by atoms with Crippen molar-refractivity contribution in [3.63, 3.8) is 0 Å². The number of aromatic nitrogens is 2. The molecule has 0 aliphatic carbocycles. The fourth-order valence-corrected chi connectivity index (χ4v) is 3.91. The molecule has 2 heterocycles. The first-order chi connectivity index (χ1) is 16.2. The molecule has 0 aliphatic heterocycles. The third-order valence-electron chi connectivity index (χ3n) is 5.15. The third-order valence-corrected chi connectivity index (χ3v) is 6.86. The molecule has 182 valence electrons. The molecule has 0 saturated heterocycles. The lowest BCUT2D eigenvalue weighted by molar-refractivity contribution is -0.0175. The van der Waals surface area contributed by atoms with Gasteiger partial charge in [-0.05, 0) is 23.7 Å². The fraction of sp³-hybridized carbons (Fsp3) is 0.375. The van der Waals surface area contributed by atoms with Crippen LogP contribution in [0.2, 0.25) is 25.7 Å². The number of fused-ring (bicyclic) bond motifs is 1. The van der Waals surface area contributed by atoms with Crippen molar-refractivity contribution in [2.45, 2.75) is 38.5 Å². The smallest absolute Gasteiger partial charge is 0.424 e. The van der Waals surface area contributed by atoms with Gasteiger partial charge in [0.15, 0.2) is 11.9 Å². The molecule has 0 saturated carbocycles. The van der Waals surface area contributed by atoms with E-state index in [1.807, 2.05) is 36.4 Å². The number of carbonyl (C=O) groups excluding carboxylic acids is 2. The molecule has 3 rings (SSSR count). The van der Waals surface area contributed by atoms with Gasteiger partial charge in [-0.25, -0.2) is 19.6 Å². The third kappa shape index (κ3) is 6.89. The van der Waals surface area contributed by atoms with Gasteiger partial charge in [-0.15, -0.1) is 0 Å². The first kappa shape index (κ1) is 25.4. The number of esters is 1. The zero-order valence-electron chi connectivity index (χ0n) is 20.3. The second kappa shape index (κ2) is 11.3. The maximum atomic E-state index is 12.6. The summed E-state index contributed by atoms with van der Waals surface area (Å²) in [6, 6.07) is 14.0. The number of H-pyrrole nitrogens is 1. The molecule has 2 N–H and O–H groups in total. The van der Waals surface area contributed by atoms with Crippen LogP contribution in [0.1, 0.15) is 27.8 Å². The van der Waals surface area contributed by atoms with Crippen LogP contribution >= 0.6 is 0 Å². The summed E-state index contributed by atoms with van der Waals surface area (Å²) in [7, 11) is 1.46. The van der Waals surface area contributed by atoms with Crippen LogP contribution in [0.5, 0.6) is 0 Å². The number of hydrogen-bond acceptors (Lipinski definition) is 7. The van der Waals surface area contributed by atoms with E-state index < -0.39 is 26.4 Å². The lowest BCUT2D eigenvalue weighted by Crippen LogP contribution is -2.43. The minimum atomic E-state index is -1.38. The van der Waals surface area contributed by atoms with Crippen molar-refractivity contribution in [3.8, 4) is 0 Å². The second-order valence-electron chi connectivity index (χ2n) is 9.12. The number of pyridine rings is 1. The van der Waals surface area contributed by atoms with E-state index >= 15 is 0 Å². The summed E-state index contributed by atoms with van der Waals surface area (Å²) < 4.78 is 16.5. The number of hydrogen-bond donors (Lipinski definition) is 2. The molecule has 0 fully saturated rings. The largest absolute Gasteiger partial charge is 0.464 e. The number of amides is 1. The van der Waals surface area contributed by atoms with Crippen LogP contribution in [0.3, 0.4) is 0 Å². The van der Waals surface area contributed by atoms with Gasteiger partial charge in [0.05, 0.1) is 7.11 Å². The first-order valence-electron chi connectivity index (χ1n) is 11.1. The maximum Gasteiger partial charge on any atom is 0.424 e. The summed E-state index contributed by atoms with van der Waals surface area (Å²) in [6.45, 7) is 7.33. The Morgan fingerprint density at radius 2 is 1.91 bits per heavy atom. The second-order valence-corrected chi connectivity index (χ2v) is 14.7. The van der Waals surface area contributed by atoms with Crippen LogP contribution in [0, 0.1) is 0 Å². The summed E-state index contributed by atoms with van der Waals surface area (Å²) >= 11 is 0. The molecule has 2 aromatic heterocycles. The van der Waals surface area contributed by atoms with Gasteiger partial charge in [-0.2, -0.15) is 5.43 Å². The molecule has 34 heavy (non-hydrogen) atoms. The number of carbonyl (C=O) groups is 2. The highest BCUT2D eigenvalue weighted by Gasteiger charge is 2.27. The molecule has 0 aliphatic rings. The van der Waals surface area contributed by atoms with Crippen molar-refractivity contribution in [3.05, 3.63) is 65.5 Å². The summed E-state index contributed by atoms with van der Waals surface area (Å²) in [5, 5.41) is 2.02. The highest BCUT2D eigenvalue weighted by molar-refractivity contribution is 6.76. The van der Waals surface area contributed by atoms with Gasteiger partial charge in [-0.3, -0.25) is 0 Å². The maximum absolute atomic E-state index is 12.6. The number of nitrogens with one attached hydrogen (secondary N) is 2. The lowest BCUT2D eigenvalue weighted by atomic mass is 10.1. The molecule has 0 bridgehead atoms. The topological polar surface area (TPSA) is 106 Å². The minimum absolute atomic E-state index is 0.106. The number of aromatic amines is 1. The van der Waals surface area contributed by atoms with Crippen molar-refractivity contribution in [1.82, 2.24) is 20.4 Å². The number of methoxy groups -OCH3 is 1. The number of hydrazine groups is 1. The van der Waals surface area contributed by atoms with E-state index in [2.05, 4.69) is 35.0 Å². The van der Waals surface area contributed by atoms with E-state index in [0.29, 0.717) is 17.8 Å². The van der Waals surface area contributed by atoms with Crippen LogP contribution in [-0.4, -0.2) is 55.9 Å². The standard InChI is InChI=1S/C24H32N4O5Si/c1-28(24(30)33-16-17-9-7-6-8-10-17)27-22(32-13-14-34(3,4)5)19-15-18-11-12-25-21(18)26-20(19)23(29)31-2/h6-12,15,22,27H,13-14,16H2,1-5H3,(H,25,26). The predicted octanol–water partition coefficient (Wildman–Crippen LogP) is 4.48. The molecule has 0 spiro atoms. The van der Waals surface area contributed by atoms with Crippen molar-refractivity contribution in [2.75, 3.05) is 20.8 Å². The van der Waals surface area contributed by atoms with Gasteiger partial charge >= 0.3 is 12.1 Å². The normalized spacial score (nSPS) is 12.4. The van der Waals surface area contributed by atoms with E-state index in [1.165, 1.54) is 12.1 Å². The Bertz CT molecular complexity index is 1110. The summed E-state index contributed by atoms with van der Waals surface area (Å²) in [5.74, 6) is -0.596. The van der Waals surface area contributed by atoms with E-state index in [-0.39, 0.29) is 12.3 Å². The monoisotopic (exact) mass is 484 g/mol. The van der Waals surface area contributed by atoms with Crippen LogP contribution in [-0.2, 0) is 20.8 Å². The Labute approximate surface area is 200 Å². The van der Waals surface area contributed by atoms with Crippen LogP contribution in [0.15, 0.2) is 48.7 Å². The van der Waals surface area contributed by atoms with Crippen molar-refractivity contribution < 1.29 is 23.8 Å². The van der Waals surface area contributed by atoms with E-state index in [9.17, 15) is 9.59 Å². The van der Waals surface area contributed by atoms with E-state index in [1.54, 1.807) is 19.3 Å². The average Bonchev–Trinajstić information content (AvgIpc) is 3.28. The summed E-state index contributed by atoms with van der Waals surface area (Å²) in [5.41, 5.74) is 5.03. The SMILES string of the molecule is COC(=O)c1nc2[nH]ccc2cc1C(NN(C)C(=O)OCc1ccccc1)OCC[Si](C)(C)C. The van der Waals surface area contributed by atoms with Crippen molar-refractivity contribution in [1.29, 1.82) is 0 Å². The molecular weight excluding hydrogens is 452 g/mol. The zero-order valence-corrected chi connectivity index (χ0v) is 21.3. The van der Waals surface area contributed by atoms with Crippen LogP contribution in [0.25, 0.3) is 11.0 Å². The Balaban J connectivity index is 1.83. The molecule has 9 nitrogen and oxygen atoms in total. The Hall–Kier alpha value is -3.21. The molecule has 0 radical (unpaired) electrons. The zero-order chi connectivity index (χ0) is 24.7. The molecule has 1 aromatic carbocycles. The highest BCUT2D eigenvalue weighted by Crippen LogP contribution is 2.25. The number of nitrogens with zero attached hydrogens (tertiary/aromatic N) is 2. The van der Waals surface area contributed by atoms with Crippen molar-refractivity contribution >= 4 is 31.2 Å². The highest BCUT2D eigenvalue weighted by atomic mass is 28.3. The predicted molar refractivity (Wildman–Crippen MR) is 132 cm³/mol. The Morgan fingerprint density at radius 1 is 1.18 bits per heavy atom. The number of benzene rings is 1. The lowest BCUT2D eigenvalue weighted by Gasteiger charge is -2.27. The molecule has 1 unspecified atom stereocenters. The molecular formula is C24H32N4O5Si. The number of rotatable bonds is 10. The summed E-state index contributed by atoms with van der Waals surface area (Å²) in [6.07, 6.45) is 0.328. The van der Waals surface area contributed by atoms with Crippen molar-refractivity contribution in [2.24, 2.45) is 0 Å². The van der Waals surface area contributed by atoms with Gasteiger partial charge in [0, 0.05) is 38.9 Å². The van der Waals surface area contributed by atoms with Crippen LogP contribution in [0.4, 0.5) is 4.79 Å². The van der Waals surface area contributed by atoms with Gasteiger partial charge < -0.3 is 19.2 Å². The minimum Gasteiger partial charge on any atom is -0.464 e. The Kier molecular flexibility index (Phi) is 8.43. The first-order valence-corrected chi connectivity index (χ1v) is 14.8. The quantitative estimate of drug-likeness (QED) is 0.189. The molecule has 1 amide bonds. The fourth-order valence-electron chi connectivity index (χ4n) is 3.18. The van der Waals surface area contributed by atoms with Crippen LogP contribution < -0.4 is 5.43 Å². The molecule has 10 heteroatoms. The molecule has 3 aromatic rings. The number of ether oxygens (including phenoxy) is 3. The van der Waals surface area contributed by atoms with Gasteiger partial charge in [0.2, 0.25) is 0 Å². The van der Waals surface area contributed by atoms with Gasteiger partial charge in [-0.1, -0.05) is 50.0 Å². The summed E-state index contributed by atoms with van der Waals surface area (Å²) in [4.78, 5) is 32.6. The van der Waals surface area contributed by atoms with E-state index in [4.69, 9.17) is 14.2 Å². The average molecular weight is 485 g/mol. The van der Waals surface area contributed by atoms with E-state index in [0.717, 1.165) is 17.0 Å². The Morgan fingerprint density at radius 3 is 2.59 bits per heavy atom. The van der Waals surface area contributed by atoms with Gasteiger partial charge in [0.25, 0.3) is 0 Å². The van der Waals surface area contributed by atoms with Gasteiger partial charge in [0.1, 0.15) is 12.3 Å².